The third-order valence-corrected chi connectivity index (χ3v) is 3.19. The van der Waals surface area contributed by atoms with Gasteiger partial charge in [0.25, 0.3) is 11.6 Å². The molecule has 0 unspecified atom stereocenters. The van der Waals surface area contributed by atoms with Gasteiger partial charge in [-0.2, -0.15) is 10.3 Å². The largest absolute Gasteiger partial charge is 0.506 e. The maximum Gasteiger partial charge on any atom is 0.284 e. The van der Waals surface area contributed by atoms with Crippen LogP contribution in [0.15, 0.2) is 29.8 Å². The summed E-state index contributed by atoms with van der Waals surface area (Å²) in [5.41, 5.74) is 0.975. The van der Waals surface area contributed by atoms with Crippen molar-refractivity contribution in [1.29, 1.82) is 5.26 Å². The van der Waals surface area contributed by atoms with Crippen molar-refractivity contribution >= 4 is 29.2 Å². The van der Waals surface area contributed by atoms with Crippen molar-refractivity contribution in [2.45, 2.75) is 12.8 Å². The van der Waals surface area contributed by atoms with Gasteiger partial charge in [0.1, 0.15) is 11.8 Å². The molecule has 10 nitrogen and oxygen atoms in total. The Morgan fingerprint density at radius 2 is 1.79 bits per heavy atom. The molecule has 24 heavy (non-hydrogen) atoms. The number of amides is 3. The fourth-order valence-corrected chi connectivity index (χ4v) is 1.96. The van der Waals surface area contributed by atoms with Crippen LogP contribution in [0.25, 0.3) is 5.76 Å². The number of non-ortho nitro benzene ring substituents is 1. The molecule has 1 aliphatic rings. The molecule has 0 aliphatic carbocycles. The van der Waals surface area contributed by atoms with E-state index >= 15 is 0 Å². The zero-order valence-electron chi connectivity index (χ0n) is 12.1. The highest BCUT2D eigenvalue weighted by molar-refractivity contribution is 6.08. The monoisotopic (exact) mass is 330 g/mol. The van der Waals surface area contributed by atoms with Crippen molar-refractivity contribution in [2.75, 3.05) is 0 Å². The third-order valence-electron chi connectivity index (χ3n) is 3.19. The third kappa shape index (κ3) is 3.20. The molecule has 0 aromatic heterocycles. The molecule has 0 saturated carbocycles. The summed E-state index contributed by atoms with van der Waals surface area (Å²) in [6.45, 7) is 0. The van der Waals surface area contributed by atoms with E-state index in [1.165, 1.54) is 6.07 Å². The van der Waals surface area contributed by atoms with E-state index in [-0.39, 0.29) is 24.1 Å². The number of aliphatic hydroxyl groups is 1. The number of nitrogens with one attached hydrogen (secondary N) is 1. The highest BCUT2D eigenvalue weighted by Gasteiger charge is 2.32. The van der Waals surface area contributed by atoms with E-state index in [1.54, 1.807) is 0 Å². The fourth-order valence-electron chi connectivity index (χ4n) is 1.96. The number of carbonyl (C=O) groups is 3. The molecule has 1 heterocycles. The van der Waals surface area contributed by atoms with Gasteiger partial charge in [-0.05, 0) is 12.1 Å². The number of nitrogens with zero attached hydrogens (tertiary/aromatic N) is 3. The van der Waals surface area contributed by atoms with Crippen molar-refractivity contribution in [2.24, 2.45) is 0 Å². The number of hydrogen-bond acceptors (Lipinski definition) is 7. The summed E-state index contributed by atoms with van der Waals surface area (Å²) in [5, 5.41) is 30.1. The van der Waals surface area contributed by atoms with Gasteiger partial charge in [0.2, 0.25) is 11.8 Å². The molecule has 0 radical (unpaired) electrons. The van der Waals surface area contributed by atoms with E-state index in [9.17, 15) is 29.6 Å². The first-order chi connectivity index (χ1) is 11.3. The van der Waals surface area contributed by atoms with E-state index in [4.69, 9.17) is 5.26 Å². The van der Waals surface area contributed by atoms with Crippen LogP contribution in [0.2, 0.25) is 0 Å². The van der Waals surface area contributed by atoms with Crippen LogP contribution in [-0.4, -0.2) is 32.8 Å². The molecule has 0 bridgehead atoms. The summed E-state index contributed by atoms with van der Waals surface area (Å²) in [6.07, 6.45) is -0.113. The van der Waals surface area contributed by atoms with E-state index in [0.717, 1.165) is 24.3 Å². The van der Waals surface area contributed by atoms with E-state index in [2.05, 4.69) is 0 Å². The molecule has 0 atom stereocenters. The number of aliphatic hydroxyl groups excluding tert-OH is 1. The van der Waals surface area contributed by atoms with Gasteiger partial charge in [0.05, 0.1) is 4.92 Å². The number of rotatable bonds is 4. The topological polar surface area (TPSA) is 154 Å². The predicted octanol–water partition coefficient (Wildman–Crippen LogP) is 0.568. The number of nitriles is 1. The Labute approximate surface area is 134 Å². The van der Waals surface area contributed by atoms with E-state index in [0.29, 0.717) is 5.01 Å². The number of nitro groups is 1. The zero-order valence-corrected chi connectivity index (χ0v) is 12.1. The van der Waals surface area contributed by atoms with Gasteiger partial charge in [0.15, 0.2) is 5.57 Å². The van der Waals surface area contributed by atoms with E-state index in [1.807, 2.05) is 5.43 Å². The summed E-state index contributed by atoms with van der Waals surface area (Å²) in [4.78, 5) is 44.8. The summed E-state index contributed by atoms with van der Waals surface area (Å²) >= 11 is 0. The SMILES string of the molecule is N#C/C(C(=O)NN1C(=O)CCC1=O)=C(/O)c1ccc([N+](=O)[O-])cc1. The molecular weight excluding hydrogens is 320 g/mol. The minimum atomic E-state index is -1.14. The predicted molar refractivity (Wildman–Crippen MR) is 77.5 cm³/mol. The number of carbonyl (C=O) groups excluding carboxylic acids is 3. The first-order valence-corrected chi connectivity index (χ1v) is 6.60. The molecule has 2 N–H and O–H groups in total. The van der Waals surface area contributed by atoms with Crippen LogP contribution in [0.4, 0.5) is 5.69 Å². The van der Waals surface area contributed by atoms with Crippen LogP contribution in [0.1, 0.15) is 18.4 Å². The smallest absolute Gasteiger partial charge is 0.284 e. The zero-order chi connectivity index (χ0) is 17.9. The average molecular weight is 330 g/mol. The number of imide groups is 1. The maximum absolute atomic E-state index is 12.0. The first kappa shape index (κ1) is 16.6. The highest BCUT2D eigenvalue weighted by Crippen LogP contribution is 2.20. The Balaban J connectivity index is 2.27. The lowest BCUT2D eigenvalue weighted by Gasteiger charge is -2.14. The Hall–Kier alpha value is -3.74. The molecule has 1 saturated heterocycles. The second-order valence-electron chi connectivity index (χ2n) is 4.70. The standard InChI is InChI=1S/C14H10N4O6/c15-7-10(14(22)16-17-11(19)5-6-12(17)20)13(21)8-1-3-9(4-2-8)18(23)24/h1-4,21H,5-6H2,(H,16,22)/b13-10-. The van der Waals surface area contributed by atoms with Crippen molar-refractivity contribution in [3.63, 3.8) is 0 Å². The Morgan fingerprint density at radius 3 is 2.25 bits per heavy atom. The molecule has 3 amide bonds. The molecule has 1 aromatic carbocycles. The minimum Gasteiger partial charge on any atom is -0.506 e. The fraction of sp³-hybridized carbons (Fsp3) is 0.143. The Kier molecular flexibility index (Phi) is 4.55. The lowest BCUT2D eigenvalue weighted by atomic mass is 10.1. The van der Waals surface area contributed by atoms with Crippen molar-refractivity contribution in [3.05, 3.63) is 45.5 Å². The molecule has 10 heteroatoms. The number of benzene rings is 1. The normalized spacial score (nSPS) is 14.9. The van der Waals surface area contributed by atoms with Crippen molar-refractivity contribution < 1.29 is 24.4 Å². The van der Waals surface area contributed by atoms with Crippen LogP contribution in [0, 0.1) is 21.4 Å². The second-order valence-corrected chi connectivity index (χ2v) is 4.70. The van der Waals surface area contributed by atoms with Gasteiger partial charge >= 0.3 is 0 Å². The second kappa shape index (κ2) is 6.57. The average Bonchev–Trinajstić information content (AvgIpc) is 2.87. The number of nitro benzene ring substituents is 1. The molecule has 1 fully saturated rings. The van der Waals surface area contributed by atoms with Crippen molar-refractivity contribution in [1.82, 2.24) is 10.4 Å². The van der Waals surface area contributed by atoms with Crippen LogP contribution in [-0.2, 0) is 14.4 Å². The first-order valence-electron chi connectivity index (χ1n) is 6.60. The molecule has 1 aromatic rings. The van der Waals surface area contributed by atoms with Crippen LogP contribution >= 0.6 is 0 Å². The molecule has 2 rings (SSSR count). The Bertz CT molecular complexity index is 790. The van der Waals surface area contributed by atoms with Gasteiger partial charge in [0, 0.05) is 30.5 Å². The lowest BCUT2D eigenvalue weighted by molar-refractivity contribution is -0.384. The summed E-state index contributed by atoms with van der Waals surface area (Å²) in [6, 6.07) is 5.97. The highest BCUT2D eigenvalue weighted by atomic mass is 16.6. The summed E-state index contributed by atoms with van der Waals surface area (Å²) in [7, 11) is 0. The van der Waals surface area contributed by atoms with E-state index < -0.39 is 34.0 Å². The number of hydrogen-bond donors (Lipinski definition) is 2. The van der Waals surface area contributed by atoms with Gasteiger partial charge in [-0.25, -0.2) is 0 Å². The number of hydrazine groups is 1. The van der Waals surface area contributed by atoms with Gasteiger partial charge in [-0.3, -0.25) is 29.9 Å². The molecular formula is C14H10N4O6. The quantitative estimate of drug-likeness (QED) is 0.204. The molecule has 1 aliphatic heterocycles. The molecule has 122 valence electrons. The van der Waals surface area contributed by atoms with Crippen LogP contribution in [0.5, 0.6) is 0 Å². The minimum absolute atomic E-state index is 0.00799. The summed E-state index contributed by atoms with van der Waals surface area (Å²) < 4.78 is 0. The Morgan fingerprint density at radius 1 is 1.25 bits per heavy atom. The van der Waals surface area contributed by atoms with Gasteiger partial charge < -0.3 is 5.11 Å². The maximum atomic E-state index is 12.0. The summed E-state index contributed by atoms with van der Waals surface area (Å²) in [5.74, 6) is -3.12. The van der Waals surface area contributed by atoms with Crippen LogP contribution in [0.3, 0.4) is 0 Å². The lowest BCUT2D eigenvalue weighted by Crippen LogP contribution is -2.46. The molecule has 0 spiro atoms. The van der Waals surface area contributed by atoms with Gasteiger partial charge in [-0.15, -0.1) is 0 Å². The van der Waals surface area contributed by atoms with Crippen molar-refractivity contribution in [3.8, 4) is 6.07 Å². The van der Waals surface area contributed by atoms with Crippen LogP contribution < -0.4 is 5.43 Å². The van der Waals surface area contributed by atoms with Gasteiger partial charge in [-0.1, -0.05) is 0 Å².